The van der Waals surface area contributed by atoms with Crippen molar-refractivity contribution >= 4 is 5.91 Å². The molecule has 0 radical (unpaired) electrons. The smallest absolute Gasteiger partial charge is 0.220 e. The van der Waals surface area contributed by atoms with Gasteiger partial charge in [0.2, 0.25) is 5.91 Å². The Morgan fingerprint density at radius 2 is 1.90 bits per heavy atom. The molecule has 3 aliphatic rings. The summed E-state index contributed by atoms with van der Waals surface area (Å²) in [6.07, 6.45) is 11.1. The maximum absolute atomic E-state index is 11.3. The topological polar surface area (TPSA) is 64.3 Å². The average Bonchev–Trinajstić information content (AvgIpc) is 2.99. The molecule has 1 amide bonds. The molecule has 2 unspecified atom stereocenters. The van der Waals surface area contributed by atoms with Crippen molar-refractivity contribution in [3.05, 3.63) is 0 Å². The summed E-state index contributed by atoms with van der Waals surface area (Å²) in [6, 6.07) is 1.21. The lowest BCUT2D eigenvalue weighted by molar-refractivity contribution is -0.134. The number of rotatable bonds is 5. The molecule has 4 heteroatoms. The van der Waals surface area contributed by atoms with Crippen molar-refractivity contribution in [2.75, 3.05) is 6.61 Å². The highest BCUT2D eigenvalue weighted by atomic mass is 16.5. The van der Waals surface area contributed by atoms with Gasteiger partial charge in [0, 0.05) is 30.0 Å². The first-order valence-electron chi connectivity index (χ1n) is 8.82. The molecule has 3 aliphatic carbocycles. The van der Waals surface area contributed by atoms with E-state index in [-0.39, 0.29) is 11.8 Å². The standard InChI is InChI=1S/C17H30N2O2/c1-2-21-15-11-14(17(15)9-3-4-10-17)19-13-7-5-12(6-8-13)16(18)20/h12-15,19H,2-11H2,1H3,(H2,18,20). The van der Waals surface area contributed by atoms with E-state index in [9.17, 15) is 4.79 Å². The zero-order chi connectivity index (χ0) is 14.9. The third-order valence-electron chi connectivity index (χ3n) is 6.25. The van der Waals surface area contributed by atoms with Gasteiger partial charge in [0.05, 0.1) is 6.10 Å². The molecule has 0 aromatic carbocycles. The van der Waals surface area contributed by atoms with Crippen molar-refractivity contribution in [3.8, 4) is 0 Å². The van der Waals surface area contributed by atoms with Gasteiger partial charge in [-0.3, -0.25) is 4.79 Å². The number of carbonyl (C=O) groups is 1. The molecule has 1 spiro atoms. The van der Waals surface area contributed by atoms with Crippen LogP contribution >= 0.6 is 0 Å². The molecule has 0 aliphatic heterocycles. The van der Waals surface area contributed by atoms with Gasteiger partial charge in [-0.05, 0) is 51.9 Å². The fourth-order valence-electron chi connectivity index (χ4n) is 4.95. The predicted octanol–water partition coefficient (Wildman–Crippen LogP) is 2.36. The van der Waals surface area contributed by atoms with E-state index in [1.54, 1.807) is 0 Å². The number of hydrogen-bond acceptors (Lipinski definition) is 3. The zero-order valence-electron chi connectivity index (χ0n) is 13.3. The number of hydrogen-bond donors (Lipinski definition) is 2. The summed E-state index contributed by atoms with van der Waals surface area (Å²) < 4.78 is 5.98. The Morgan fingerprint density at radius 3 is 2.48 bits per heavy atom. The van der Waals surface area contributed by atoms with Crippen molar-refractivity contribution in [3.63, 3.8) is 0 Å². The predicted molar refractivity (Wildman–Crippen MR) is 82.8 cm³/mol. The minimum Gasteiger partial charge on any atom is -0.378 e. The van der Waals surface area contributed by atoms with Gasteiger partial charge in [-0.15, -0.1) is 0 Å². The molecule has 21 heavy (non-hydrogen) atoms. The van der Waals surface area contributed by atoms with Crippen LogP contribution in [0.1, 0.15) is 64.7 Å². The summed E-state index contributed by atoms with van der Waals surface area (Å²) in [7, 11) is 0. The molecule has 3 rings (SSSR count). The van der Waals surface area contributed by atoms with Gasteiger partial charge >= 0.3 is 0 Å². The molecular weight excluding hydrogens is 264 g/mol. The molecular formula is C17H30N2O2. The van der Waals surface area contributed by atoms with E-state index in [2.05, 4.69) is 12.2 Å². The van der Waals surface area contributed by atoms with Crippen molar-refractivity contribution < 1.29 is 9.53 Å². The monoisotopic (exact) mass is 294 g/mol. The Bertz CT molecular complexity index is 371. The number of ether oxygens (including phenoxy) is 1. The number of amides is 1. The van der Waals surface area contributed by atoms with Crippen LogP contribution in [0.15, 0.2) is 0 Å². The van der Waals surface area contributed by atoms with Gasteiger partial charge in [-0.1, -0.05) is 12.8 Å². The van der Waals surface area contributed by atoms with Crippen LogP contribution in [0.5, 0.6) is 0 Å². The highest BCUT2D eigenvalue weighted by Gasteiger charge is 2.56. The van der Waals surface area contributed by atoms with Gasteiger partial charge in [-0.2, -0.15) is 0 Å². The van der Waals surface area contributed by atoms with Crippen molar-refractivity contribution in [2.24, 2.45) is 17.1 Å². The van der Waals surface area contributed by atoms with E-state index in [0.717, 1.165) is 32.3 Å². The van der Waals surface area contributed by atoms with Crippen LogP contribution in [-0.4, -0.2) is 30.7 Å². The summed E-state index contributed by atoms with van der Waals surface area (Å²) in [6.45, 7) is 2.94. The number of carbonyl (C=O) groups excluding carboxylic acids is 1. The Morgan fingerprint density at radius 1 is 1.24 bits per heavy atom. The van der Waals surface area contributed by atoms with Gasteiger partial charge in [0.1, 0.15) is 0 Å². The van der Waals surface area contributed by atoms with Crippen molar-refractivity contribution in [1.82, 2.24) is 5.32 Å². The summed E-state index contributed by atoms with van der Waals surface area (Å²) >= 11 is 0. The molecule has 0 heterocycles. The Kier molecular flexibility index (Phi) is 4.55. The molecule has 3 fully saturated rings. The number of nitrogens with two attached hydrogens (primary N) is 1. The van der Waals surface area contributed by atoms with E-state index in [1.165, 1.54) is 32.1 Å². The van der Waals surface area contributed by atoms with Crippen LogP contribution in [0, 0.1) is 11.3 Å². The third kappa shape index (κ3) is 2.85. The molecule has 3 N–H and O–H groups in total. The summed E-state index contributed by atoms with van der Waals surface area (Å²) in [5.74, 6) is 0.00169. The maximum Gasteiger partial charge on any atom is 0.220 e. The lowest BCUT2D eigenvalue weighted by Crippen LogP contribution is -2.64. The summed E-state index contributed by atoms with van der Waals surface area (Å²) in [4.78, 5) is 11.3. The average molecular weight is 294 g/mol. The Labute approximate surface area is 128 Å². The SMILES string of the molecule is CCOC1CC(NC2CCC(C(N)=O)CC2)C12CCCC2. The lowest BCUT2D eigenvalue weighted by Gasteiger charge is -2.55. The van der Waals surface area contributed by atoms with Crippen LogP contribution in [-0.2, 0) is 9.53 Å². The largest absolute Gasteiger partial charge is 0.378 e. The molecule has 120 valence electrons. The maximum atomic E-state index is 11.3. The van der Waals surface area contributed by atoms with Crippen LogP contribution in [0.4, 0.5) is 0 Å². The van der Waals surface area contributed by atoms with Gasteiger partial charge in [-0.25, -0.2) is 0 Å². The third-order valence-corrected chi connectivity index (χ3v) is 6.25. The molecule has 0 aromatic heterocycles. The highest BCUT2D eigenvalue weighted by Crippen LogP contribution is 2.55. The van der Waals surface area contributed by atoms with Crippen LogP contribution in [0.2, 0.25) is 0 Å². The van der Waals surface area contributed by atoms with Crippen molar-refractivity contribution in [1.29, 1.82) is 0 Å². The van der Waals surface area contributed by atoms with E-state index in [1.807, 2.05) is 0 Å². The minimum atomic E-state index is -0.110. The van der Waals surface area contributed by atoms with Crippen molar-refractivity contribution in [2.45, 2.75) is 82.9 Å². The fourth-order valence-corrected chi connectivity index (χ4v) is 4.95. The lowest BCUT2D eigenvalue weighted by atomic mass is 9.60. The van der Waals surface area contributed by atoms with E-state index in [0.29, 0.717) is 23.6 Å². The Balaban J connectivity index is 1.53. The molecule has 3 saturated carbocycles. The first kappa shape index (κ1) is 15.3. The van der Waals surface area contributed by atoms with Crippen LogP contribution in [0.25, 0.3) is 0 Å². The van der Waals surface area contributed by atoms with Gasteiger partial charge in [0.15, 0.2) is 0 Å². The second kappa shape index (κ2) is 6.25. The number of nitrogens with one attached hydrogen (secondary N) is 1. The molecule has 0 aromatic rings. The first-order chi connectivity index (χ1) is 10.2. The van der Waals surface area contributed by atoms with Crippen LogP contribution in [0.3, 0.4) is 0 Å². The summed E-state index contributed by atoms with van der Waals surface area (Å²) in [5.41, 5.74) is 5.83. The molecule has 4 nitrogen and oxygen atoms in total. The molecule has 2 atom stereocenters. The second-order valence-electron chi connectivity index (χ2n) is 7.29. The van der Waals surface area contributed by atoms with E-state index in [4.69, 9.17) is 10.5 Å². The van der Waals surface area contributed by atoms with Gasteiger partial charge in [0.25, 0.3) is 0 Å². The quantitative estimate of drug-likeness (QED) is 0.818. The van der Waals surface area contributed by atoms with E-state index >= 15 is 0 Å². The van der Waals surface area contributed by atoms with Gasteiger partial charge < -0.3 is 15.8 Å². The van der Waals surface area contributed by atoms with E-state index < -0.39 is 0 Å². The van der Waals surface area contributed by atoms with Crippen LogP contribution < -0.4 is 11.1 Å². The first-order valence-corrected chi connectivity index (χ1v) is 8.82. The normalized spacial score (nSPS) is 38.3. The summed E-state index contributed by atoms with van der Waals surface area (Å²) in [5, 5.41) is 3.90. The minimum absolute atomic E-state index is 0.110. The zero-order valence-corrected chi connectivity index (χ0v) is 13.3. The number of primary amides is 1. The fraction of sp³-hybridized carbons (Fsp3) is 0.941. The molecule has 0 saturated heterocycles. The second-order valence-corrected chi connectivity index (χ2v) is 7.29. The molecule has 0 bridgehead atoms. The highest BCUT2D eigenvalue weighted by molar-refractivity contribution is 5.76. The Hall–Kier alpha value is -0.610.